The molecule has 0 aromatic heterocycles. The second kappa shape index (κ2) is 8.02. The predicted molar refractivity (Wildman–Crippen MR) is 80.4 cm³/mol. The second-order valence-electron chi connectivity index (χ2n) is 5.43. The minimum atomic E-state index is -0.110. The van der Waals surface area contributed by atoms with Gasteiger partial charge in [0.15, 0.2) is 0 Å². The first-order chi connectivity index (χ1) is 9.79. The first kappa shape index (κ1) is 15.0. The zero-order chi connectivity index (χ0) is 14.2. The highest BCUT2D eigenvalue weighted by Gasteiger charge is 2.14. The van der Waals surface area contributed by atoms with Gasteiger partial charge in [-0.1, -0.05) is 37.5 Å². The molecule has 1 aliphatic carbocycles. The van der Waals surface area contributed by atoms with Crippen LogP contribution in [0.3, 0.4) is 0 Å². The topological polar surface area (TPSA) is 64.3 Å². The smallest absolute Gasteiger partial charge is 0.250 e. The van der Waals surface area contributed by atoms with Crippen molar-refractivity contribution in [2.75, 3.05) is 18.5 Å². The van der Waals surface area contributed by atoms with Crippen molar-refractivity contribution in [1.82, 2.24) is 0 Å². The molecular weight excluding hydrogens is 252 g/mol. The van der Waals surface area contributed by atoms with E-state index in [1.807, 2.05) is 24.3 Å². The number of benzene rings is 1. The summed E-state index contributed by atoms with van der Waals surface area (Å²) in [6.07, 6.45) is 6.40. The summed E-state index contributed by atoms with van der Waals surface area (Å²) >= 11 is 0. The molecule has 2 rings (SSSR count). The molecule has 1 saturated carbocycles. The molecule has 1 aromatic carbocycles. The largest absolute Gasteiger partial charge is 0.371 e. The van der Waals surface area contributed by atoms with Crippen molar-refractivity contribution < 1.29 is 9.53 Å². The maximum absolute atomic E-state index is 11.8. The number of anilines is 1. The van der Waals surface area contributed by atoms with Crippen LogP contribution in [0.15, 0.2) is 24.3 Å². The number of nitrogens with two attached hydrogens (primary N) is 1. The average Bonchev–Trinajstić information content (AvgIpc) is 2.49. The van der Waals surface area contributed by atoms with Crippen LogP contribution in [0.25, 0.3) is 0 Å². The molecule has 1 aliphatic rings. The molecule has 0 radical (unpaired) electrons. The van der Waals surface area contributed by atoms with Gasteiger partial charge in [-0.2, -0.15) is 0 Å². The number of carbonyl (C=O) groups is 1. The van der Waals surface area contributed by atoms with E-state index in [4.69, 9.17) is 10.5 Å². The van der Waals surface area contributed by atoms with E-state index in [0.29, 0.717) is 19.1 Å². The van der Waals surface area contributed by atoms with Crippen molar-refractivity contribution in [1.29, 1.82) is 0 Å². The number of hydrogen-bond acceptors (Lipinski definition) is 3. The number of carbonyl (C=O) groups excluding carboxylic acids is 1. The lowest BCUT2D eigenvalue weighted by Gasteiger charge is -2.21. The zero-order valence-corrected chi connectivity index (χ0v) is 11.9. The number of rotatable bonds is 6. The molecule has 0 spiro atoms. The van der Waals surface area contributed by atoms with Crippen LogP contribution >= 0.6 is 0 Å². The van der Waals surface area contributed by atoms with E-state index >= 15 is 0 Å². The summed E-state index contributed by atoms with van der Waals surface area (Å²) in [5.74, 6) is 0.523. The molecule has 0 unspecified atom stereocenters. The van der Waals surface area contributed by atoms with Gasteiger partial charge in [0.05, 0.1) is 6.61 Å². The van der Waals surface area contributed by atoms with Crippen molar-refractivity contribution in [3.8, 4) is 0 Å². The fraction of sp³-hybridized carbons (Fsp3) is 0.562. The molecule has 1 fully saturated rings. The van der Waals surface area contributed by atoms with Crippen molar-refractivity contribution in [3.63, 3.8) is 0 Å². The number of para-hydroxylation sites is 1. The fourth-order valence-electron chi connectivity index (χ4n) is 2.68. The predicted octanol–water partition coefficient (Wildman–Crippen LogP) is 2.68. The van der Waals surface area contributed by atoms with Gasteiger partial charge < -0.3 is 15.8 Å². The third-order valence-electron chi connectivity index (χ3n) is 3.82. The van der Waals surface area contributed by atoms with E-state index in [0.717, 1.165) is 11.3 Å². The van der Waals surface area contributed by atoms with Crippen molar-refractivity contribution in [2.24, 2.45) is 11.7 Å². The molecule has 1 amide bonds. The SMILES string of the molecule is NCc1ccccc1NC(=O)COCC1CCCCC1. The van der Waals surface area contributed by atoms with E-state index in [-0.39, 0.29) is 12.5 Å². The first-order valence-electron chi connectivity index (χ1n) is 7.45. The van der Waals surface area contributed by atoms with Crippen LogP contribution in [0.1, 0.15) is 37.7 Å². The van der Waals surface area contributed by atoms with Crippen LogP contribution in [-0.4, -0.2) is 19.1 Å². The summed E-state index contributed by atoms with van der Waals surface area (Å²) in [6, 6.07) is 7.58. The highest BCUT2D eigenvalue weighted by Crippen LogP contribution is 2.23. The van der Waals surface area contributed by atoms with Gasteiger partial charge in [0, 0.05) is 12.2 Å². The Labute approximate surface area is 120 Å². The number of hydrogen-bond donors (Lipinski definition) is 2. The molecule has 0 atom stereocenters. The summed E-state index contributed by atoms with van der Waals surface area (Å²) in [4.78, 5) is 11.8. The molecule has 3 N–H and O–H groups in total. The standard InChI is InChI=1S/C16H24N2O2/c17-10-14-8-4-5-9-15(14)18-16(19)12-20-11-13-6-2-1-3-7-13/h4-5,8-9,13H,1-3,6-7,10-12,17H2,(H,18,19). The van der Waals surface area contributed by atoms with Gasteiger partial charge in [-0.15, -0.1) is 0 Å². The summed E-state index contributed by atoms with van der Waals surface area (Å²) in [5.41, 5.74) is 7.36. The van der Waals surface area contributed by atoms with Crippen LogP contribution in [-0.2, 0) is 16.1 Å². The molecule has 0 saturated heterocycles. The Hall–Kier alpha value is -1.39. The molecular formula is C16H24N2O2. The van der Waals surface area contributed by atoms with Gasteiger partial charge in [0.2, 0.25) is 5.91 Å². The zero-order valence-electron chi connectivity index (χ0n) is 11.9. The maximum Gasteiger partial charge on any atom is 0.250 e. The van der Waals surface area contributed by atoms with Gasteiger partial charge >= 0.3 is 0 Å². The minimum Gasteiger partial charge on any atom is -0.371 e. The van der Waals surface area contributed by atoms with Gasteiger partial charge in [-0.3, -0.25) is 4.79 Å². The molecule has 1 aromatic rings. The summed E-state index contributed by atoms with van der Waals surface area (Å²) in [7, 11) is 0. The summed E-state index contributed by atoms with van der Waals surface area (Å²) < 4.78 is 5.54. The van der Waals surface area contributed by atoms with Crippen LogP contribution < -0.4 is 11.1 Å². The van der Waals surface area contributed by atoms with Gasteiger partial charge in [0.1, 0.15) is 6.61 Å². The second-order valence-corrected chi connectivity index (χ2v) is 5.43. The van der Waals surface area contributed by atoms with Gasteiger partial charge in [-0.05, 0) is 30.4 Å². The molecule has 20 heavy (non-hydrogen) atoms. The molecule has 4 heteroatoms. The van der Waals surface area contributed by atoms with Crippen molar-refractivity contribution >= 4 is 11.6 Å². The maximum atomic E-state index is 11.8. The molecule has 0 aliphatic heterocycles. The lowest BCUT2D eigenvalue weighted by Crippen LogP contribution is -2.22. The van der Waals surface area contributed by atoms with E-state index < -0.39 is 0 Å². The van der Waals surface area contributed by atoms with Crippen LogP contribution in [0.4, 0.5) is 5.69 Å². The van der Waals surface area contributed by atoms with Crippen LogP contribution in [0.5, 0.6) is 0 Å². The Balaban J connectivity index is 1.72. The Bertz CT molecular complexity index is 428. The van der Waals surface area contributed by atoms with Crippen molar-refractivity contribution in [3.05, 3.63) is 29.8 Å². The normalized spacial score (nSPS) is 16.1. The summed E-state index contributed by atoms with van der Waals surface area (Å²) in [5, 5.41) is 2.86. The quantitative estimate of drug-likeness (QED) is 0.839. The first-order valence-corrected chi connectivity index (χ1v) is 7.45. The minimum absolute atomic E-state index is 0.110. The third kappa shape index (κ3) is 4.62. The van der Waals surface area contributed by atoms with Gasteiger partial charge in [-0.25, -0.2) is 0 Å². The fourth-order valence-corrected chi connectivity index (χ4v) is 2.68. The lowest BCUT2D eigenvalue weighted by molar-refractivity contribution is -0.121. The van der Waals surface area contributed by atoms with Gasteiger partial charge in [0.25, 0.3) is 0 Å². The Morgan fingerprint density at radius 1 is 1.25 bits per heavy atom. The third-order valence-corrected chi connectivity index (χ3v) is 3.82. The molecule has 110 valence electrons. The Morgan fingerprint density at radius 3 is 2.75 bits per heavy atom. The van der Waals surface area contributed by atoms with Crippen LogP contribution in [0.2, 0.25) is 0 Å². The highest BCUT2D eigenvalue weighted by molar-refractivity contribution is 5.92. The van der Waals surface area contributed by atoms with E-state index in [2.05, 4.69) is 5.32 Å². The van der Waals surface area contributed by atoms with E-state index in [9.17, 15) is 4.79 Å². The lowest BCUT2D eigenvalue weighted by atomic mass is 9.90. The number of amides is 1. The number of ether oxygens (including phenoxy) is 1. The average molecular weight is 276 g/mol. The molecule has 4 nitrogen and oxygen atoms in total. The molecule has 0 heterocycles. The van der Waals surface area contributed by atoms with E-state index in [1.54, 1.807) is 0 Å². The molecule has 0 bridgehead atoms. The Kier molecular flexibility index (Phi) is 6.02. The Morgan fingerprint density at radius 2 is 2.00 bits per heavy atom. The highest BCUT2D eigenvalue weighted by atomic mass is 16.5. The monoisotopic (exact) mass is 276 g/mol. The summed E-state index contributed by atoms with van der Waals surface area (Å²) in [6.45, 7) is 1.24. The van der Waals surface area contributed by atoms with Crippen molar-refractivity contribution in [2.45, 2.75) is 38.6 Å². The van der Waals surface area contributed by atoms with E-state index in [1.165, 1.54) is 32.1 Å². The number of nitrogens with one attached hydrogen (secondary N) is 1. The van der Waals surface area contributed by atoms with Crippen LogP contribution in [0, 0.1) is 5.92 Å².